The number of carbonyl (C=O) groups excluding carboxylic acids is 1. The van der Waals surface area contributed by atoms with Crippen LogP contribution in [0.25, 0.3) is 11.1 Å². The summed E-state index contributed by atoms with van der Waals surface area (Å²) in [4.78, 5) is 21.3. The molecule has 4 rings (SSSR count). The van der Waals surface area contributed by atoms with Gasteiger partial charge in [-0.3, -0.25) is 15.1 Å². The highest BCUT2D eigenvalue weighted by Crippen LogP contribution is 2.35. The van der Waals surface area contributed by atoms with Crippen LogP contribution >= 0.6 is 22.9 Å². The lowest BCUT2D eigenvalue weighted by atomic mass is 10.0. The van der Waals surface area contributed by atoms with E-state index in [1.807, 2.05) is 6.92 Å². The minimum atomic E-state index is -3.21. The molecule has 0 aromatic carbocycles. The molecule has 4 heterocycles. The van der Waals surface area contributed by atoms with E-state index in [-0.39, 0.29) is 11.1 Å². The number of rotatable bonds is 6. The highest BCUT2D eigenvalue weighted by atomic mass is 35.5. The number of anilines is 1. The molecule has 0 spiro atoms. The Morgan fingerprint density at radius 2 is 1.97 bits per heavy atom. The molecule has 3 aromatic rings. The van der Waals surface area contributed by atoms with Crippen molar-refractivity contribution < 1.29 is 17.9 Å². The first-order valence-corrected chi connectivity index (χ1v) is 12.5. The van der Waals surface area contributed by atoms with Gasteiger partial charge in [0, 0.05) is 42.0 Å². The van der Waals surface area contributed by atoms with Crippen molar-refractivity contribution in [3.63, 3.8) is 0 Å². The minimum absolute atomic E-state index is 0.0345. The summed E-state index contributed by atoms with van der Waals surface area (Å²) in [6, 6.07) is 3.39. The molecule has 0 radical (unpaired) electrons. The van der Waals surface area contributed by atoms with Crippen LogP contribution in [-0.2, 0) is 10.0 Å². The average Bonchev–Trinajstić information content (AvgIpc) is 3.13. The van der Waals surface area contributed by atoms with Gasteiger partial charge in [0.25, 0.3) is 5.91 Å². The fourth-order valence-corrected chi connectivity index (χ4v) is 5.11. The molecule has 0 saturated carbocycles. The average molecular weight is 495 g/mol. The van der Waals surface area contributed by atoms with Crippen LogP contribution in [0.15, 0.2) is 24.5 Å². The van der Waals surface area contributed by atoms with Crippen LogP contribution in [-0.4, -0.2) is 65.3 Å². The van der Waals surface area contributed by atoms with Gasteiger partial charge in [0.1, 0.15) is 15.9 Å². The second-order valence-electron chi connectivity index (χ2n) is 7.26. The van der Waals surface area contributed by atoms with Gasteiger partial charge in [-0.1, -0.05) is 22.9 Å². The molecule has 0 bridgehead atoms. The van der Waals surface area contributed by atoms with Crippen molar-refractivity contribution in [2.45, 2.75) is 12.8 Å². The number of aryl methyl sites for hydroxylation is 1. The molecule has 3 aromatic heterocycles. The minimum Gasteiger partial charge on any atom is -0.494 e. The number of nitrogens with zero attached hydrogens (tertiary/aromatic N) is 5. The third-order valence-corrected chi connectivity index (χ3v) is 7.40. The smallest absolute Gasteiger partial charge is 0.259 e. The summed E-state index contributed by atoms with van der Waals surface area (Å²) in [7, 11) is -1.70. The number of carbonyl (C=O) groups is 1. The highest BCUT2D eigenvalue weighted by molar-refractivity contribution is 7.88. The summed E-state index contributed by atoms with van der Waals surface area (Å²) < 4.78 is 29.9. The van der Waals surface area contributed by atoms with Crippen molar-refractivity contribution >= 4 is 44.0 Å². The Hall–Kier alpha value is -2.67. The molecule has 0 atom stereocenters. The second-order valence-corrected chi connectivity index (χ2v) is 10.6. The van der Waals surface area contributed by atoms with Crippen LogP contribution in [0.3, 0.4) is 0 Å². The monoisotopic (exact) mass is 494 g/mol. The van der Waals surface area contributed by atoms with E-state index in [4.69, 9.17) is 16.3 Å². The van der Waals surface area contributed by atoms with Gasteiger partial charge in [0.15, 0.2) is 0 Å². The first-order chi connectivity index (χ1) is 15.2. The molecular weight excluding hydrogens is 476 g/mol. The molecule has 1 fully saturated rings. The predicted octanol–water partition coefficient (Wildman–Crippen LogP) is 2.58. The SMILES string of the molecule is COc1cnc(Cl)cc1-c1cc(C)ncc1C(=O)Nc1nnc(C2CN(S(C)(=O)=O)C2)s1. The maximum atomic E-state index is 13.1. The van der Waals surface area contributed by atoms with Crippen LogP contribution in [0, 0.1) is 6.92 Å². The Labute approximate surface area is 193 Å². The number of pyridine rings is 2. The summed E-state index contributed by atoms with van der Waals surface area (Å²) >= 11 is 7.29. The molecule has 1 N–H and O–H groups in total. The van der Waals surface area contributed by atoms with Crippen LogP contribution in [0.4, 0.5) is 5.13 Å². The van der Waals surface area contributed by atoms with Gasteiger partial charge in [-0.05, 0) is 19.1 Å². The van der Waals surface area contributed by atoms with Crippen LogP contribution in [0.1, 0.15) is 27.0 Å². The van der Waals surface area contributed by atoms with E-state index in [1.54, 1.807) is 12.1 Å². The Morgan fingerprint density at radius 1 is 1.22 bits per heavy atom. The summed E-state index contributed by atoms with van der Waals surface area (Å²) in [6.45, 7) is 2.53. The van der Waals surface area contributed by atoms with Gasteiger partial charge in [-0.2, -0.15) is 0 Å². The summed E-state index contributed by atoms with van der Waals surface area (Å²) in [6.07, 6.45) is 4.14. The van der Waals surface area contributed by atoms with Crippen molar-refractivity contribution in [2.75, 3.05) is 31.8 Å². The van der Waals surface area contributed by atoms with Crippen molar-refractivity contribution in [1.82, 2.24) is 24.5 Å². The molecule has 1 aliphatic rings. The van der Waals surface area contributed by atoms with E-state index in [0.29, 0.717) is 51.4 Å². The Kier molecular flexibility index (Phi) is 6.12. The molecular formula is C19H19ClN6O4S2. The molecule has 32 heavy (non-hydrogen) atoms. The number of ether oxygens (including phenoxy) is 1. The summed E-state index contributed by atoms with van der Waals surface area (Å²) in [5.41, 5.74) is 2.21. The number of halogens is 1. The predicted molar refractivity (Wildman–Crippen MR) is 121 cm³/mol. The van der Waals surface area contributed by atoms with Gasteiger partial charge in [-0.15, -0.1) is 10.2 Å². The number of sulfonamides is 1. The van der Waals surface area contributed by atoms with Crippen molar-refractivity contribution in [3.05, 3.63) is 45.9 Å². The van der Waals surface area contributed by atoms with Gasteiger partial charge in [0.2, 0.25) is 15.2 Å². The number of methoxy groups -OCH3 is 1. The first-order valence-electron chi connectivity index (χ1n) is 9.42. The molecule has 13 heteroatoms. The third kappa shape index (κ3) is 4.58. The standard InChI is InChI=1S/C19H19ClN6O4S2/c1-10-4-12(13-5-16(20)22-7-15(13)30-2)14(6-21-10)17(27)23-19-25-24-18(31-19)11-8-26(9-11)32(3,28)29/h4-7,11H,8-9H2,1-3H3,(H,23,25,27). The zero-order valence-electron chi connectivity index (χ0n) is 17.4. The van der Waals surface area contributed by atoms with Crippen LogP contribution < -0.4 is 10.1 Å². The van der Waals surface area contributed by atoms with E-state index in [1.165, 1.54) is 41.4 Å². The Balaban J connectivity index is 1.57. The lowest BCUT2D eigenvalue weighted by molar-refractivity contribution is 0.102. The van der Waals surface area contributed by atoms with E-state index < -0.39 is 15.9 Å². The van der Waals surface area contributed by atoms with Gasteiger partial charge < -0.3 is 4.74 Å². The maximum Gasteiger partial charge on any atom is 0.259 e. The molecule has 1 aliphatic heterocycles. The number of amides is 1. The third-order valence-electron chi connectivity index (χ3n) is 4.96. The molecule has 10 nitrogen and oxygen atoms in total. The molecule has 168 valence electrons. The zero-order valence-corrected chi connectivity index (χ0v) is 19.8. The van der Waals surface area contributed by atoms with Crippen LogP contribution in [0.2, 0.25) is 5.15 Å². The first kappa shape index (κ1) is 22.5. The largest absolute Gasteiger partial charge is 0.494 e. The number of nitrogens with one attached hydrogen (secondary N) is 1. The highest BCUT2D eigenvalue weighted by Gasteiger charge is 2.36. The maximum absolute atomic E-state index is 13.1. The fraction of sp³-hybridized carbons (Fsp3) is 0.316. The summed E-state index contributed by atoms with van der Waals surface area (Å²) in [5, 5.41) is 12.1. The van der Waals surface area contributed by atoms with Crippen molar-refractivity contribution in [3.8, 4) is 16.9 Å². The topological polar surface area (TPSA) is 127 Å². The molecule has 1 amide bonds. The molecule has 0 aliphatic carbocycles. The molecule has 1 saturated heterocycles. The normalized spacial score (nSPS) is 14.8. The van der Waals surface area contributed by atoms with E-state index in [2.05, 4.69) is 25.5 Å². The van der Waals surface area contributed by atoms with Crippen molar-refractivity contribution in [2.24, 2.45) is 0 Å². The molecule has 0 unspecified atom stereocenters. The van der Waals surface area contributed by atoms with Crippen molar-refractivity contribution in [1.29, 1.82) is 0 Å². The number of hydrogen-bond donors (Lipinski definition) is 1. The quantitative estimate of drug-likeness (QED) is 0.518. The Morgan fingerprint density at radius 3 is 2.66 bits per heavy atom. The fourth-order valence-electron chi connectivity index (χ4n) is 3.23. The summed E-state index contributed by atoms with van der Waals surface area (Å²) in [5.74, 6) is 0.0110. The van der Waals surface area contributed by atoms with E-state index in [0.717, 1.165) is 0 Å². The second kappa shape index (κ2) is 8.70. The van der Waals surface area contributed by atoms with Crippen LogP contribution in [0.5, 0.6) is 5.75 Å². The lowest BCUT2D eigenvalue weighted by Crippen LogP contribution is -2.47. The van der Waals surface area contributed by atoms with Gasteiger partial charge >= 0.3 is 0 Å². The Bertz CT molecular complexity index is 1290. The lowest BCUT2D eigenvalue weighted by Gasteiger charge is -2.35. The van der Waals surface area contributed by atoms with Gasteiger partial charge in [0.05, 0.1) is 25.1 Å². The number of hydrogen-bond acceptors (Lipinski definition) is 9. The zero-order chi connectivity index (χ0) is 23.0. The van der Waals surface area contributed by atoms with Gasteiger partial charge in [-0.25, -0.2) is 17.7 Å². The number of aromatic nitrogens is 4. The van der Waals surface area contributed by atoms with E-state index in [9.17, 15) is 13.2 Å². The van der Waals surface area contributed by atoms with E-state index >= 15 is 0 Å².